The second kappa shape index (κ2) is 6.93. The van der Waals surface area contributed by atoms with Crippen molar-refractivity contribution in [1.29, 1.82) is 0 Å². The molecular formula is C15H29ClN2. The summed E-state index contributed by atoms with van der Waals surface area (Å²) in [6.45, 7) is 12.4. The van der Waals surface area contributed by atoms with Crippen LogP contribution < -0.4 is 5.32 Å². The fourth-order valence-electron chi connectivity index (χ4n) is 3.15. The van der Waals surface area contributed by atoms with E-state index in [0.29, 0.717) is 5.54 Å². The molecule has 0 unspecified atom stereocenters. The van der Waals surface area contributed by atoms with Crippen molar-refractivity contribution in [1.82, 2.24) is 10.2 Å². The first-order chi connectivity index (χ1) is 8.62. The van der Waals surface area contributed by atoms with Crippen LogP contribution in [0.1, 0.15) is 53.4 Å². The molecule has 0 aromatic rings. The molecule has 18 heavy (non-hydrogen) atoms. The van der Waals surface area contributed by atoms with Crippen LogP contribution in [-0.2, 0) is 0 Å². The van der Waals surface area contributed by atoms with E-state index in [9.17, 15) is 0 Å². The Bertz CT molecular complexity index is 268. The van der Waals surface area contributed by atoms with Crippen LogP contribution in [0.2, 0.25) is 0 Å². The Morgan fingerprint density at radius 2 is 1.72 bits per heavy atom. The van der Waals surface area contributed by atoms with Crippen molar-refractivity contribution >= 4 is 11.6 Å². The molecule has 0 aliphatic carbocycles. The van der Waals surface area contributed by atoms with E-state index >= 15 is 0 Å². The maximum absolute atomic E-state index is 5.72. The second-order valence-electron chi connectivity index (χ2n) is 5.51. The average Bonchev–Trinajstić information content (AvgIpc) is 2.44. The molecule has 0 aromatic carbocycles. The van der Waals surface area contributed by atoms with E-state index in [0.717, 1.165) is 19.6 Å². The second-order valence-corrected chi connectivity index (χ2v) is 5.77. The first-order valence-corrected chi connectivity index (χ1v) is 7.81. The van der Waals surface area contributed by atoms with Crippen LogP contribution in [0, 0.1) is 0 Å². The summed E-state index contributed by atoms with van der Waals surface area (Å²) < 4.78 is 0. The maximum Gasteiger partial charge on any atom is 0.0333 e. The summed E-state index contributed by atoms with van der Waals surface area (Å²) in [6.07, 6.45) is 6.83. The van der Waals surface area contributed by atoms with E-state index in [1.54, 1.807) is 5.54 Å². The van der Waals surface area contributed by atoms with E-state index in [1.807, 2.05) is 0 Å². The van der Waals surface area contributed by atoms with Gasteiger partial charge in [0.1, 0.15) is 0 Å². The molecule has 2 nitrogen and oxygen atoms in total. The molecule has 0 radical (unpaired) electrons. The molecule has 0 spiro atoms. The highest BCUT2D eigenvalue weighted by atomic mass is 35.5. The number of nitrogens with one attached hydrogen (secondary N) is 1. The summed E-state index contributed by atoms with van der Waals surface area (Å²) in [4.78, 5) is 2.63. The molecule has 1 aliphatic heterocycles. The summed E-state index contributed by atoms with van der Waals surface area (Å²) in [5.74, 6) is 0. The maximum atomic E-state index is 5.72. The van der Waals surface area contributed by atoms with Crippen LogP contribution in [-0.4, -0.2) is 35.6 Å². The quantitative estimate of drug-likeness (QED) is 0.792. The first kappa shape index (κ1) is 16.0. The Kier molecular flexibility index (Phi) is 6.16. The standard InChI is InChI=1S/C15H29ClN2/c1-5-14(6-2)13-18(11-9-10-16)15(7-3,8-4)12-17-14/h9-10,17H,5-8,11-13H2,1-4H3/b10-9+. The van der Waals surface area contributed by atoms with Gasteiger partial charge in [-0.25, -0.2) is 0 Å². The molecule has 0 aromatic heterocycles. The largest absolute Gasteiger partial charge is 0.308 e. The van der Waals surface area contributed by atoms with Crippen LogP contribution in [0.15, 0.2) is 11.6 Å². The Balaban J connectivity index is 2.91. The average molecular weight is 273 g/mol. The molecule has 1 rings (SSSR count). The van der Waals surface area contributed by atoms with E-state index < -0.39 is 0 Å². The minimum absolute atomic E-state index is 0.286. The molecule has 0 bridgehead atoms. The Hall–Kier alpha value is -0.0500. The molecule has 106 valence electrons. The fourth-order valence-corrected chi connectivity index (χ4v) is 3.23. The van der Waals surface area contributed by atoms with E-state index in [-0.39, 0.29) is 5.54 Å². The highest BCUT2D eigenvalue weighted by Gasteiger charge is 2.43. The lowest BCUT2D eigenvalue weighted by atomic mass is 9.80. The van der Waals surface area contributed by atoms with Gasteiger partial charge in [0.05, 0.1) is 0 Å². The van der Waals surface area contributed by atoms with Gasteiger partial charge >= 0.3 is 0 Å². The van der Waals surface area contributed by atoms with Gasteiger partial charge in [0, 0.05) is 36.2 Å². The number of piperazine rings is 1. The minimum Gasteiger partial charge on any atom is -0.308 e. The number of hydrogen-bond acceptors (Lipinski definition) is 2. The number of rotatable bonds is 6. The molecule has 0 saturated carbocycles. The van der Waals surface area contributed by atoms with Gasteiger partial charge in [-0.1, -0.05) is 45.4 Å². The highest BCUT2D eigenvalue weighted by Crippen LogP contribution is 2.32. The summed E-state index contributed by atoms with van der Waals surface area (Å²) in [7, 11) is 0. The van der Waals surface area contributed by atoms with E-state index in [1.165, 1.54) is 25.7 Å². The summed E-state index contributed by atoms with van der Waals surface area (Å²) >= 11 is 5.72. The topological polar surface area (TPSA) is 15.3 Å². The van der Waals surface area contributed by atoms with Gasteiger partial charge in [-0.3, -0.25) is 4.90 Å². The molecule has 1 N–H and O–H groups in total. The monoisotopic (exact) mass is 272 g/mol. The number of halogens is 1. The smallest absolute Gasteiger partial charge is 0.0333 e. The predicted octanol–water partition coefficient (Wildman–Crippen LogP) is 3.76. The Labute approximate surface area is 118 Å². The van der Waals surface area contributed by atoms with Crippen LogP contribution in [0.3, 0.4) is 0 Å². The van der Waals surface area contributed by atoms with Gasteiger partial charge in [-0.15, -0.1) is 0 Å². The zero-order valence-corrected chi connectivity index (χ0v) is 13.2. The van der Waals surface area contributed by atoms with Crippen LogP contribution >= 0.6 is 11.6 Å². The van der Waals surface area contributed by atoms with Crippen molar-refractivity contribution in [2.45, 2.75) is 64.5 Å². The van der Waals surface area contributed by atoms with Crippen LogP contribution in [0.5, 0.6) is 0 Å². The van der Waals surface area contributed by atoms with Gasteiger partial charge in [-0.05, 0) is 25.7 Å². The van der Waals surface area contributed by atoms with Crippen molar-refractivity contribution in [2.24, 2.45) is 0 Å². The van der Waals surface area contributed by atoms with Crippen molar-refractivity contribution in [2.75, 3.05) is 19.6 Å². The van der Waals surface area contributed by atoms with Crippen LogP contribution in [0.4, 0.5) is 0 Å². The third-order valence-electron chi connectivity index (χ3n) is 5.04. The third kappa shape index (κ3) is 3.09. The van der Waals surface area contributed by atoms with Gasteiger partial charge < -0.3 is 5.32 Å². The molecule has 1 heterocycles. The predicted molar refractivity (Wildman–Crippen MR) is 81.2 cm³/mol. The molecule has 0 amide bonds. The zero-order chi connectivity index (χ0) is 13.6. The number of nitrogens with zero attached hydrogens (tertiary/aromatic N) is 1. The van der Waals surface area contributed by atoms with Crippen molar-refractivity contribution < 1.29 is 0 Å². The Morgan fingerprint density at radius 3 is 2.17 bits per heavy atom. The van der Waals surface area contributed by atoms with Crippen molar-refractivity contribution in [3.05, 3.63) is 11.6 Å². The van der Waals surface area contributed by atoms with Gasteiger partial charge in [-0.2, -0.15) is 0 Å². The minimum atomic E-state index is 0.286. The van der Waals surface area contributed by atoms with Gasteiger partial charge in [0.2, 0.25) is 0 Å². The molecule has 1 saturated heterocycles. The van der Waals surface area contributed by atoms with Gasteiger partial charge in [0.25, 0.3) is 0 Å². The third-order valence-corrected chi connectivity index (χ3v) is 5.22. The van der Waals surface area contributed by atoms with E-state index in [4.69, 9.17) is 11.6 Å². The van der Waals surface area contributed by atoms with Crippen molar-refractivity contribution in [3.63, 3.8) is 0 Å². The first-order valence-electron chi connectivity index (χ1n) is 7.37. The van der Waals surface area contributed by atoms with Crippen molar-refractivity contribution in [3.8, 4) is 0 Å². The van der Waals surface area contributed by atoms with Crippen LogP contribution in [0.25, 0.3) is 0 Å². The lowest BCUT2D eigenvalue weighted by Gasteiger charge is -2.54. The Morgan fingerprint density at radius 1 is 1.11 bits per heavy atom. The molecule has 1 aliphatic rings. The highest BCUT2D eigenvalue weighted by molar-refractivity contribution is 6.25. The SMILES string of the molecule is CCC1(CC)CN(C/C=C/Cl)C(CC)(CC)CN1. The summed E-state index contributed by atoms with van der Waals surface area (Å²) in [5.41, 5.74) is 2.23. The molecule has 1 fully saturated rings. The lowest BCUT2D eigenvalue weighted by molar-refractivity contribution is 0.00405. The van der Waals surface area contributed by atoms with E-state index in [2.05, 4.69) is 44.0 Å². The summed E-state index contributed by atoms with van der Waals surface area (Å²) in [6, 6.07) is 0. The normalized spacial score (nSPS) is 23.6. The lowest BCUT2D eigenvalue weighted by Crippen LogP contribution is -2.69. The molecule has 0 atom stereocenters. The zero-order valence-electron chi connectivity index (χ0n) is 12.4. The fraction of sp³-hybridized carbons (Fsp3) is 0.867. The summed E-state index contributed by atoms with van der Waals surface area (Å²) in [5, 5.41) is 3.83. The van der Waals surface area contributed by atoms with Gasteiger partial charge in [0.15, 0.2) is 0 Å². The number of hydrogen-bond donors (Lipinski definition) is 1. The molecular weight excluding hydrogens is 244 g/mol. The molecule has 3 heteroatoms.